The number of sulfonamides is 1. The van der Waals surface area contributed by atoms with Crippen LogP contribution in [0.1, 0.15) is 47.9 Å². The lowest BCUT2D eigenvalue weighted by Gasteiger charge is -2.22. The molecule has 0 aromatic carbocycles. The lowest BCUT2D eigenvalue weighted by atomic mass is 10.2. The highest BCUT2D eigenvalue weighted by atomic mass is 32.2. The van der Waals surface area contributed by atoms with Gasteiger partial charge in [0.15, 0.2) is 5.03 Å². The van der Waals surface area contributed by atoms with Crippen molar-refractivity contribution >= 4 is 26.4 Å². The number of thiazole rings is 1. The molecule has 23 heavy (non-hydrogen) atoms. The van der Waals surface area contributed by atoms with E-state index in [1.54, 1.807) is 17.5 Å². The summed E-state index contributed by atoms with van der Waals surface area (Å²) in [4.78, 5) is 4.54. The standard InChI is InChI=1S/C15H20N4O2S2/c1-10-17-13-5-3-4-8-19(14(13)22-10)23(20,21)15-12(11-6-7-11)9-16-18(15)2/h9,11H,3-8H2,1-2H3. The Morgan fingerprint density at radius 3 is 2.83 bits per heavy atom. The van der Waals surface area contributed by atoms with Gasteiger partial charge < -0.3 is 0 Å². The third kappa shape index (κ3) is 2.48. The predicted molar refractivity (Wildman–Crippen MR) is 89.5 cm³/mol. The number of rotatable bonds is 3. The molecule has 8 heteroatoms. The molecule has 0 unspecified atom stereocenters. The van der Waals surface area contributed by atoms with Gasteiger partial charge in [0.05, 0.1) is 16.9 Å². The molecule has 0 N–H and O–H groups in total. The molecule has 1 aliphatic heterocycles. The highest BCUT2D eigenvalue weighted by Gasteiger charge is 2.38. The Labute approximate surface area is 140 Å². The van der Waals surface area contributed by atoms with Crippen LogP contribution in [0.5, 0.6) is 0 Å². The smallest absolute Gasteiger partial charge is 0.255 e. The first-order chi connectivity index (χ1) is 11.0. The fourth-order valence-corrected chi connectivity index (χ4v) is 6.33. The van der Waals surface area contributed by atoms with Crippen LogP contribution in [0.15, 0.2) is 11.2 Å². The summed E-state index contributed by atoms with van der Waals surface area (Å²) in [5.41, 5.74) is 1.79. The Bertz CT molecular complexity index is 849. The van der Waals surface area contributed by atoms with Gasteiger partial charge in [0.1, 0.15) is 5.00 Å². The second kappa shape index (κ2) is 5.31. The van der Waals surface area contributed by atoms with Gasteiger partial charge in [-0.2, -0.15) is 13.5 Å². The Morgan fingerprint density at radius 2 is 2.09 bits per heavy atom. The summed E-state index contributed by atoms with van der Waals surface area (Å²) in [6.07, 6.45) is 6.52. The fourth-order valence-electron chi connectivity index (χ4n) is 3.23. The maximum Gasteiger partial charge on any atom is 0.282 e. The molecule has 0 spiro atoms. The van der Waals surface area contributed by atoms with Crippen LogP contribution in [0.2, 0.25) is 0 Å². The van der Waals surface area contributed by atoms with E-state index in [0.717, 1.165) is 53.4 Å². The van der Waals surface area contributed by atoms with Crippen molar-refractivity contribution < 1.29 is 8.42 Å². The minimum atomic E-state index is -3.60. The molecule has 2 aromatic heterocycles. The maximum atomic E-state index is 13.4. The summed E-state index contributed by atoms with van der Waals surface area (Å²) in [5.74, 6) is 0.350. The van der Waals surface area contributed by atoms with Gasteiger partial charge in [-0.1, -0.05) is 0 Å². The van der Waals surface area contributed by atoms with Crippen LogP contribution in [0, 0.1) is 6.92 Å². The minimum absolute atomic E-state index is 0.350. The Hall–Kier alpha value is -1.41. The summed E-state index contributed by atoms with van der Waals surface area (Å²) in [7, 11) is -1.89. The third-order valence-corrected chi connectivity index (χ3v) is 7.58. The molecule has 0 saturated heterocycles. The van der Waals surface area contributed by atoms with Gasteiger partial charge in [-0.05, 0) is 44.9 Å². The van der Waals surface area contributed by atoms with Crippen molar-refractivity contribution in [2.75, 3.05) is 10.8 Å². The van der Waals surface area contributed by atoms with Gasteiger partial charge in [-0.25, -0.2) is 4.98 Å². The lowest BCUT2D eigenvalue weighted by molar-refractivity contribution is 0.568. The molecule has 4 rings (SSSR count). The van der Waals surface area contributed by atoms with Gasteiger partial charge in [0.25, 0.3) is 10.0 Å². The van der Waals surface area contributed by atoms with E-state index in [0.29, 0.717) is 17.5 Å². The SMILES string of the molecule is Cc1nc2c(s1)N(S(=O)(=O)c1c(C3CC3)cnn1C)CCCC2. The molecular formula is C15H20N4O2S2. The average molecular weight is 352 g/mol. The second-order valence-corrected chi connectivity index (χ2v) is 9.28. The monoisotopic (exact) mass is 352 g/mol. The van der Waals surface area contributed by atoms with Gasteiger partial charge >= 0.3 is 0 Å². The molecule has 1 aliphatic carbocycles. The van der Waals surface area contributed by atoms with Crippen LogP contribution in [0.4, 0.5) is 5.00 Å². The quantitative estimate of drug-likeness (QED) is 0.851. The van der Waals surface area contributed by atoms with Crippen molar-refractivity contribution in [1.29, 1.82) is 0 Å². The number of fused-ring (bicyclic) bond motifs is 1. The topological polar surface area (TPSA) is 68.1 Å². The fraction of sp³-hybridized carbons (Fsp3) is 0.600. The first kappa shape index (κ1) is 15.1. The molecule has 0 amide bonds. The maximum absolute atomic E-state index is 13.4. The zero-order chi connectivity index (χ0) is 16.2. The Morgan fingerprint density at radius 1 is 1.30 bits per heavy atom. The molecular weight excluding hydrogens is 332 g/mol. The molecule has 1 saturated carbocycles. The molecule has 2 aliphatic rings. The zero-order valence-corrected chi connectivity index (χ0v) is 15.0. The van der Waals surface area contributed by atoms with Gasteiger partial charge in [0.2, 0.25) is 0 Å². The van der Waals surface area contributed by atoms with E-state index in [1.807, 2.05) is 6.92 Å². The molecule has 0 radical (unpaired) electrons. The van der Waals surface area contributed by atoms with Crippen molar-refractivity contribution in [2.45, 2.75) is 50.0 Å². The first-order valence-electron chi connectivity index (χ1n) is 7.99. The Balaban J connectivity index is 1.84. The molecule has 1 fully saturated rings. The van der Waals surface area contributed by atoms with Crippen LogP contribution in [-0.4, -0.2) is 29.7 Å². The number of hydrogen-bond donors (Lipinski definition) is 0. The van der Waals surface area contributed by atoms with Crippen molar-refractivity contribution in [3.8, 4) is 0 Å². The van der Waals surface area contributed by atoms with Gasteiger partial charge in [-0.15, -0.1) is 11.3 Å². The van der Waals surface area contributed by atoms with Crippen LogP contribution in [-0.2, 0) is 23.5 Å². The van der Waals surface area contributed by atoms with Crippen molar-refractivity contribution in [3.05, 3.63) is 22.5 Å². The van der Waals surface area contributed by atoms with E-state index in [9.17, 15) is 8.42 Å². The average Bonchev–Trinajstić information content (AvgIpc) is 3.21. The van der Waals surface area contributed by atoms with Crippen LogP contribution in [0.3, 0.4) is 0 Å². The van der Waals surface area contributed by atoms with Crippen molar-refractivity contribution in [2.24, 2.45) is 7.05 Å². The number of aromatic nitrogens is 3. The molecule has 0 bridgehead atoms. The largest absolute Gasteiger partial charge is 0.282 e. The zero-order valence-electron chi connectivity index (χ0n) is 13.3. The summed E-state index contributed by atoms with van der Waals surface area (Å²) in [6, 6.07) is 0. The first-order valence-corrected chi connectivity index (χ1v) is 10.2. The summed E-state index contributed by atoms with van der Waals surface area (Å²) >= 11 is 1.48. The van der Waals surface area contributed by atoms with E-state index < -0.39 is 10.0 Å². The molecule has 124 valence electrons. The molecule has 2 aromatic rings. The number of nitrogens with zero attached hydrogens (tertiary/aromatic N) is 4. The van der Waals surface area contributed by atoms with E-state index in [1.165, 1.54) is 16.0 Å². The molecule has 6 nitrogen and oxygen atoms in total. The van der Waals surface area contributed by atoms with Crippen LogP contribution >= 0.6 is 11.3 Å². The highest BCUT2D eigenvalue weighted by molar-refractivity contribution is 7.93. The van der Waals surface area contributed by atoms with E-state index >= 15 is 0 Å². The predicted octanol–water partition coefficient (Wildman–Crippen LogP) is 2.59. The van der Waals surface area contributed by atoms with E-state index in [-0.39, 0.29) is 0 Å². The summed E-state index contributed by atoms with van der Waals surface area (Å²) in [6.45, 7) is 2.45. The molecule has 0 atom stereocenters. The third-order valence-electron chi connectivity index (χ3n) is 4.50. The summed E-state index contributed by atoms with van der Waals surface area (Å²) in [5, 5.41) is 6.30. The van der Waals surface area contributed by atoms with E-state index in [4.69, 9.17) is 0 Å². The normalized spacial score (nSPS) is 18.8. The number of aryl methyl sites for hydroxylation is 3. The second-order valence-electron chi connectivity index (χ2n) is 6.32. The van der Waals surface area contributed by atoms with E-state index in [2.05, 4.69) is 10.1 Å². The van der Waals surface area contributed by atoms with Crippen molar-refractivity contribution in [3.63, 3.8) is 0 Å². The molecule has 3 heterocycles. The van der Waals surface area contributed by atoms with Crippen molar-refractivity contribution in [1.82, 2.24) is 14.8 Å². The van der Waals surface area contributed by atoms with Crippen LogP contribution in [0.25, 0.3) is 0 Å². The van der Waals surface area contributed by atoms with Gasteiger partial charge in [-0.3, -0.25) is 8.99 Å². The minimum Gasteiger partial charge on any atom is -0.255 e. The highest BCUT2D eigenvalue weighted by Crippen LogP contribution is 2.44. The number of hydrogen-bond acceptors (Lipinski definition) is 5. The summed E-state index contributed by atoms with van der Waals surface area (Å²) < 4.78 is 29.9. The van der Waals surface area contributed by atoms with Crippen LogP contribution < -0.4 is 4.31 Å². The van der Waals surface area contributed by atoms with Gasteiger partial charge in [0, 0.05) is 19.2 Å². The number of anilines is 1. The Kier molecular flexibility index (Phi) is 3.49. The lowest BCUT2D eigenvalue weighted by Crippen LogP contribution is -2.33.